The number of aryl methyl sites for hydroxylation is 1. The number of nitrogens with one attached hydrogen (secondary N) is 1. The van der Waals surface area contributed by atoms with E-state index in [1.165, 1.54) is 6.21 Å². The van der Waals surface area contributed by atoms with E-state index < -0.39 is 0 Å². The maximum absolute atomic E-state index is 11.8. The van der Waals surface area contributed by atoms with Crippen LogP contribution in [0, 0.1) is 6.92 Å². The van der Waals surface area contributed by atoms with Gasteiger partial charge >= 0.3 is 0 Å². The summed E-state index contributed by atoms with van der Waals surface area (Å²) in [5, 5.41) is 13.7. The summed E-state index contributed by atoms with van der Waals surface area (Å²) in [4.78, 5) is 11.8. The molecule has 0 aliphatic carbocycles. The number of hydrazone groups is 1. The second-order valence-electron chi connectivity index (χ2n) is 4.26. The molecule has 0 saturated heterocycles. The van der Waals surface area contributed by atoms with Gasteiger partial charge in [0.25, 0.3) is 5.91 Å². The Bertz CT molecular complexity index is 669. The van der Waals surface area contributed by atoms with E-state index >= 15 is 0 Å². The minimum atomic E-state index is -0.344. The van der Waals surface area contributed by atoms with Crippen LogP contribution in [0.15, 0.2) is 47.6 Å². The van der Waals surface area contributed by atoms with Crippen LogP contribution in [0.2, 0.25) is 5.02 Å². The molecule has 2 aromatic carbocycles. The highest BCUT2D eigenvalue weighted by atomic mass is 35.5. The second kappa shape index (κ2) is 6.21. The zero-order valence-electron chi connectivity index (χ0n) is 10.8. The van der Waals surface area contributed by atoms with Crippen molar-refractivity contribution in [3.63, 3.8) is 0 Å². The standard InChI is InChI=1S/C15H13ClN2O2/c1-10-5-6-12(8-14(10)16)15(20)18-17-9-11-3-2-4-13(19)7-11/h2-9,19H,1H3,(H,18,20)/b17-9+. The SMILES string of the molecule is Cc1ccc(C(=O)N/N=C/c2cccc(O)c2)cc1Cl. The average Bonchev–Trinajstić information content (AvgIpc) is 2.42. The number of phenols is 1. The van der Waals surface area contributed by atoms with Crippen LogP contribution in [0.25, 0.3) is 0 Å². The first-order valence-corrected chi connectivity index (χ1v) is 6.32. The van der Waals surface area contributed by atoms with E-state index in [0.29, 0.717) is 16.1 Å². The van der Waals surface area contributed by atoms with Crippen LogP contribution in [-0.4, -0.2) is 17.2 Å². The lowest BCUT2D eigenvalue weighted by Gasteiger charge is -2.02. The molecule has 0 aliphatic rings. The van der Waals surface area contributed by atoms with Gasteiger partial charge in [0.1, 0.15) is 5.75 Å². The van der Waals surface area contributed by atoms with Gasteiger partial charge in [0, 0.05) is 10.6 Å². The molecule has 0 aliphatic heterocycles. The van der Waals surface area contributed by atoms with E-state index in [2.05, 4.69) is 10.5 Å². The lowest BCUT2D eigenvalue weighted by atomic mass is 10.1. The van der Waals surface area contributed by atoms with E-state index in [0.717, 1.165) is 5.56 Å². The molecule has 2 N–H and O–H groups in total. The van der Waals surface area contributed by atoms with Crippen molar-refractivity contribution < 1.29 is 9.90 Å². The number of nitrogens with zero attached hydrogens (tertiary/aromatic N) is 1. The van der Waals surface area contributed by atoms with E-state index in [4.69, 9.17) is 11.6 Å². The Morgan fingerprint density at radius 1 is 1.30 bits per heavy atom. The summed E-state index contributed by atoms with van der Waals surface area (Å²) in [6.45, 7) is 1.87. The lowest BCUT2D eigenvalue weighted by Crippen LogP contribution is -2.17. The number of carbonyl (C=O) groups excluding carboxylic acids is 1. The van der Waals surface area contributed by atoms with Gasteiger partial charge in [-0.05, 0) is 42.3 Å². The number of rotatable bonds is 3. The lowest BCUT2D eigenvalue weighted by molar-refractivity contribution is 0.0955. The fourth-order valence-electron chi connectivity index (χ4n) is 1.57. The molecule has 5 heteroatoms. The van der Waals surface area contributed by atoms with Gasteiger partial charge in [0.05, 0.1) is 6.21 Å². The third-order valence-corrected chi connectivity index (χ3v) is 3.09. The first kappa shape index (κ1) is 14.1. The van der Waals surface area contributed by atoms with Crippen molar-refractivity contribution in [2.45, 2.75) is 6.92 Å². The van der Waals surface area contributed by atoms with Crippen molar-refractivity contribution in [1.29, 1.82) is 0 Å². The van der Waals surface area contributed by atoms with Gasteiger partial charge in [-0.3, -0.25) is 4.79 Å². The van der Waals surface area contributed by atoms with Gasteiger partial charge in [-0.25, -0.2) is 5.43 Å². The van der Waals surface area contributed by atoms with Crippen molar-refractivity contribution in [3.8, 4) is 5.75 Å². The number of phenolic OH excluding ortho intramolecular Hbond substituents is 1. The Kier molecular flexibility index (Phi) is 4.38. The molecular formula is C15H13ClN2O2. The summed E-state index contributed by atoms with van der Waals surface area (Å²) in [6, 6.07) is 11.6. The molecule has 0 radical (unpaired) electrons. The number of amides is 1. The average molecular weight is 289 g/mol. The second-order valence-corrected chi connectivity index (χ2v) is 4.67. The number of carbonyl (C=O) groups is 1. The first-order chi connectivity index (χ1) is 9.56. The molecule has 2 rings (SSSR count). The monoisotopic (exact) mass is 288 g/mol. The molecule has 0 unspecified atom stereocenters. The van der Waals surface area contributed by atoms with Crippen LogP contribution in [0.5, 0.6) is 5.75 Å². The summed E-state index contributed by atoms with van der Waals surface area (Å²) >= 11 is 5.96. The Labute approximate surface area is 121 Å². The van der Waals surface area contributed by atoms with E-state index in [9.17, 15) is 9.90 Å². The highest BCUT2D eigenvalue weighted by molar-refractivity contribution is 6.31. The molecule has 1 amide bonds. The fraction of sp³-hybridized carbons (Fsp3) is 0.0667. The van der Waals surface area contributed by atoms with Crippen molar-refractivity contribution in [3.05, 3.63) is 64.2 Å². The van der Waals surface area contributed by atoms with E-state index in [1.807, 2.05) is 6.92 Å². The molecular weight excluding hydrogens is 276 g/mol. The van der Waals surface area contributed by atoms with Crippen LogP contribution in [-0.2, 0) is 0 Å². The Morgan fingerprint density at radius 2 is 2.10 bits per heavy atom. The van der Waals surface area contributed by atoms with Gasteiger partial charge in [-0.1, -0.05) is 29.8 Å². The Hall–Kier alpha value is -2.33. The Balaban J connectivity index is 2.03. The molecule has 0 saturated carbocycles. The van der Waals surface area contributed by atoms with Gasteiger partial charge in [0.2, 0.25) is 0 Å². The van der Waals surface area contributed by atoms with E-state index in [-0.39, 0.29) is 11.7 Å². The largest absolute Gasteiger partial charge is 0.508 e. The molecule has 2 aromatic rings. The zero-order valence-corrected chi connectivity index (χ0v) is 11.6. The maximum atomic E-state index is 11.8. The molecule has 0 heterocycles. The molecule has 20 heavy (non-hydrogen) atoms. The van der Waals surface area contributed by atoms with Crippen molar-refractivity contribution in [2.75, 3.05) is 0 Å². The molecule has 102 valence electrons. The first-order valence-electron chi connectivity index (χ1n) is 5.95. The molecule has 0 fully saturated rings. The minimum absolute atomic E-state index is 0.144. The van der Waals surface area contributed by atoms with Crippen molar-refractivity contribution in [1.82, 2.24) is 5.43 Å². The van der Waals surface area contributed by atoms with Crippen LogP contribution in [0.3, 0.4) is 0 Å². The topological polar surface area (TPSA) is 61.7 Å². The van der Waals surface area contributed by atoms with Gasteiger partial charge in [-0.15, -0.1) is 0 Å². The highest BCUT2D eigenvalue weighted by Crippen LogP contribution is 2.16. The summed E-state index contributed by atoms with van der Waals surface area (Å²) in [6.07, 6.45) is 1.45. The smallest absolute Gasteiger partial charge is 0.271 e. The zero-order chi connectivity index (χ0) is 14.5. The fourth-order valence-corrected chi connectivity index (χ4v) is 1.75. The molecule has 0 bridgehead atoms. The van der Waals surface area contributed by atoms with Crippen molar-refractivity contribution >= 4 is 23.7 Å². The summed E-state index contributed by atoms with van der Waals surface area (Å²) in [7, 11) is 0. The molecule has 0 spiro atoms. The Morgan fingerprint density at radius 3 is 2.80 bits per heavy atom. The van der Waals surface area contributed by atoms with Crippen LogP contribution in [0.4, 0.5) is 0 Å². The van der Waals surface area contributed by atoms with Gasteiger partial charge in [0.15, 0.2) is 0 Å². The van der Waals surface area contributed by atoms with Gasteiger partial charge in [-0.2, -0.15) is 5.10 Å². The minimum Gasteiger partial charge on any atom is -0.508 e. The summed E-state index contributed by atoms with van der Waals surface area (Å²) in [5.74, 6) is -0.200. The van der Waals surface area contributed by atoms with Crippen LogP contribution >= 0.6 is 11.6 Å². The third kappa shape index (κ3) is 3.59. The van der Waals surface area contributed by atoms with Crippen LogP contribution in [0.1, 0.15) is 21.5 Å². The summed E-state index contributed by atoms with van der Waals surface area (Å²) < 4.78 is 0. The normalized spacial score (nSPS) is 10.7. The predicted molar refractivity (Wildman–Crippen MR) is 79.4 cm³/mol. The summed E-state index contributed by atoms with van der Waals surface area (Å²) in [5.41, 5.74) is 4.44. The number of benzene rings is 2. The van der Waals surface area contributed by atoms with Crippen molar-refractivity contribution in [2.24, 2.45) is 5.10 Å². The predicted octanol–water partition coefficient (Wildman–Crippen LogP) is 3.12. The van der Waals surface area contributed by atoms with Gasteiger partial charge < -0.3 is 5.11 Å². The number of hydrogen-bond donors (Lipinski definition) is 2. The number of halogens is 1. The highest BCUT2D eigenvalue weighted by Gasteiger charge is 2.05. The number of hydrogen-bond acceptors (Lipinski definition) is 3. The molecule has 0 aromatic heterocycles. The third-order valence-electron chi connectivity index (χ3n) is 2.68. The van der Waals surface area contributed by atoms with Crippen LogP contribution < -0.4 is 5.43 Å². The quantitative estimate of drug-likeness (QED) is 0.673. The maximum Gasteiger partial charge on any atom is 0.271 e. The van der Waals surface area contributed by atoms with E-state index in [1.54, 1.807) is 42.5 Å². The molecule has 4 nitrogen and oxygen atoms in total. The molecule has 0 atom stereocenters. The number of aromatic hydroxyl groups is 1.